The van der Waals surface area contributed by atoms with Gasteiger partial charge in [-0.15, -0.1) is 0 Å². The largest absolute Gasteiger partial charge is 0.432 e. The molecule has 18 heavy (non-hydrogen) atoms. The van der Waals surface area contributed by atoms with E-state index in [1.807, 2.05) is 20.2 Å². The minimum absolute atomic E-state index is 0.0191. The molecule has 0 aliphatic carbocycles. The summed E-state index contributed by atoms with van der Waals surface area (Å²) in [5.41, 5.74) is 0. The van der Waals surface area contributed by atoms with E-state index < -0.39 is 26.4 Å². The molecule has 0 fully saturated rings. The van der Waals surface area contributed by atoms with Gasteiger partial charge in [-0.1, -0.05) is 13.8 Å². The van der Waals surface area contributed by atoms with E-state index in [9.17, 15) is 4.80 Å². The van der Waals surface area contributed by atoms with Crippen molar-refractivity contribution in [2.75, 3.05) is 7.11 Å². The van der Waals surface area contributed by atoms with Crippen LogP contribution in [0.15, 0.2) is 0 Å². The van der Waals surface area contributed by atoms with Crippen LogP contribution >= 0.6 is 0 Å². The first-order valence-corrected chi connectivity index (χ1v) is 14.9. The molecule has 0 bridgehead atoms. The predicted octanol–water partition coefficient (Wildman–Crippen LogP) is 2.65. The molecular weight excluding hydrogens is 276 g/mol. The molecule has 3 nitrogen and oxygen atoms in total. The maximum Gasteiger partial charge on any atom is 0.206 e. The van der Waals surface area contributed by atoms with Crippen LogP contribution in [0.5, 0.6) is 0 Å². The van der Waals surface area contributed by atoms with Crippen molar-refractivity contribution in [3.8, 4) is 0 Å². The lowest BCUT2D eigenvalue weighted by molar-refractivity contribution is 0.117. The molecule has 6 heteroatoms. The van der Waals surface area contributed by atoms with Gasteiger partial charge in [0.15, 0.2) is 17.4 Å². The molecular formula is C12H32O3Si3. The van der Waals surface area contributed by atoms with Crippen LogP contribution in [0, 0.1) is 0 Å². The van der Waals surface area contributed by atoms with Gasteiger partial charge in [0, 0.05) is 7.11 Å². The summed E-state index contributed by atoms with van der Waals surface area (Å²) in [7, 11) is -2.64. The van der Waals surface area contributed by atoms with Crippen molar-refractivity contribution >= 4 is 26.4 Å². The third-order valence-corrected chi connectivity index (χ3v) is 10.4. The van der Waals surface area contributed by atoms with Crippen LogP contribution in [0.3, 0.4) is 0 Å². The summed E-state index contributed by atoms with van der Waals surface area (Å²) in [6, 6.07) is 1.97. The Bertz CT molecular complexity index is 225. The fourth-order valence-electron chi connectivity index (χ4n) is 2.50. The van der Waals surface area contributed by atoms with Crippen molar-refractivity contribution in [1.82, 2.24) is 0 Å². The Hall–Kier alpha value is 0.531. The summed E-state index contributed by atoms with van der Waals surface area (Å²) >= 11 is 0. The quantitative estimate of drug-likeness (QED) is 0.666. The van der Waals surface area contributed by atoms with Crippen LogP contribution in [0.25, 0.3) is 0 Å². The standard InChI is InChI=1S/C12H32O3Si3/c1-8-12(9-2,15-16(4)5)17(14-3)10-11-18(6,7)13/h13,16-17H,8-11H2,1-7H3. The Morgan fingerprint density at radius 2 is 1.67 bits per heavy atom. The van der Waals surface area contributed by atoms with Crippen molar-refractivity contribution in [2.45, 2.75) is 70.2 Å². The Kier molecular flexibility index (Phi) is 8.20. The second-order valence-electron chi connectivity index (χ2n) is 6.01. The SMILES string of the molecule is CCC(CC)(O[SiH](C)C)[SiH](CC[Si](C)(C)O)OC. The average molecular weight is 309 g/mol. The highest BCUT2D eigenvalue weighted by Crippen LogP contribution is 2.29. The molecule has 0 spiro atoms. The summed E-state index contributed by atoms with van der Waals surface area (Å²) in [6.45, 7) is 12.9. The third-order valence-electron chi connectivity index (χ3n) is 3.56. The zero-order chi connectivity index (χ0) is 14.4. The minimum Gasteiger partial charge on any atom is -0.432 e. The van der Waals surface area contributed by atoms with Gasteiger partial charge in [0.05, 0.1) is 5.22 Å². The fourth-order valence-corrected chi connectivity index (χ4v) is 11.2. The van der Waals surface area contributed by atoms with E-state index in [2.05, 4.69) is 26.9 Å². The number of hydrogen-bond donors (Lipinski definition) is 1. The molecule has 0 amide bonds. The summed E-state index contributed by atoms with van der Waals surface area (Å²) in [5.74, 6) is 0. The molecule has 0 aliphatic rings. The van der Waals surface area contributed by atoms with Crippen LogP contribution < -0.4 is 0 Å². The molecule has 0 rings (SSSR count). The molecule has 0 aliphatic heterocycles. The molecule has 0 saturated heterocycles. The van der Waals surface area contributed by atoms with Gasteiger partial charge in [0.25, 0.3) is 0 Å². The molecule has 1 atom stereocenters. The molecule has 1 unspecified atom stereocenters. The van der Waals surface area contributed by atoms with Crippen molar-refractivity contribution in [1.29, 1.82) is 0 Å². The van der Waals surface area contributed by atoms with Gasteiger partial charge >= 0.3 is 0 Å². The second-order valence-corrected chi connectivity index (χ2v) is 15.6. The van der Waals surface area contributed by atoms with Crippen molar-refractivity contribution in [2.24, 2.45) is 0 Å². The van der Waals surface area contributed by atoms with E-state index in [1.54, 1.807) is 0 Å². The average Bonchev–Trinajstić information content (AvgIpc) is 2.26. The Morgan fingerprint density at radius 3 is 1.94 bits per heavy atom. The van der Waals surface area contributed by atoms with Gasteiger partial charge in [-0.05, 0) is 51.1 Å². The van der Waals surface area contributed by atoms with E-state index in [0.717, 1.165) is 24.9 Å². The molecule has 110 valence electrons. The molecule has 0 aromatic rings. The van der Waals surface area contributed by atoms with Crippen molar-refractivity contribution in [3.63, 3.8) is 0 Å². The number of rotatable bonds is 9. The second kappa shape index (κ2) is 7.96. The summed E-state index contributed by atoms with van der Waals surface area (Å²) < 4.78 is 12.2. The van der Waals surface area contributed by atoms with Gasteiger partial charge < -0.3 is 13.6 Å². The summed E-state index contributed by atoms with van der Waals surface area (Å²) in [5, 5.41) is -0.0191. The van der Waals surface area contributed by atoms with E-state index in [-0.39, 0.29) is 5.22 Å². The smallest absolute Gasteiger partial charge is 0.206 e. The molecule has 0 saturated carbocycles. The lowest BCUT2D eigenvalue weighted by Crippen LogP contribution is -2.51. The molecule has 0 radical (unpaired) electrons. The summed E-state index contributed by atoms with van der Waals surface area (Å²) in [4.78, 5) is 10.0. The molecule has 0 aromatic heterocycles. The van der Waals surface area contributed by atoms with Gasteiger partial charge in [-0.2, -0.15) is 0 Å². The van der Waals surface area contributed by atoms with Gasteiger partial charge in [0.1, 0.15) is 0 Å². The Labute approximate surface area is 117 Å². The van der Waals surface area contributed by atoms with Gasteiger partial charge in [-0.25, -0.2) is 0 Å². The van der Waals surface area contributed by atoms with E-state index >= 15 is 0 Å². The van der Waals surface area contributed by atoms with Gasteiger partial charge in [-0.3, -0.25) is 0 Å². The highest BCUT2D eigenvalue weighted by molar-refractivity contribution is 6.71. The highest BCUT2D eigenvalue weighted by atomic mass is 28.4. The fraction of sp³-hybridized carbons (Fsp3) is 1.00. The lowest BCUT2D eigenvalue weighted by atomic mass is 10.2. The Balaban J connectivity index is 4.81. The van der Waals surface area contributed by atoms with Crippen LogP contribution in [0.4, 0.5) is 0 Å². The maximum atomic E-state index is 10.0. The predicted molar refractivity (Wildman–Crippen MR) is 86.7 cm³/mol. The maximum absolute atomic E-state index is 10.0. The molecule has 1 N–H and O–H groups in total. The molecule has 0 heterocycles. The first kappa shape index (κ1) is 18.5. The Morgan fingerprint density at radius 1 is 1.17 bits per heavy atom. The van der Waals surface area contributed by atoms with Crippen molar-refractivity contribution < 1.29 is 13.6 Å². The summed E-state index contributed by atoms with van der Waals surface area (Å²) in [6.07, 6.45) is 2.07. The zero-order valence-electron chi connectivity index (χ0n) is 13.2. The molecule has 0 aromatic carbocycles. The number of hydrogen-bond acceptors (Lipinski definition) is 3. The first-order chi connectivity index (χ1) is 8.20. The normalized spacial score (nSPS) is 15.2. The highest BCUT2D eigenvalue weighted by Gasteiger charge is 2.40. The van der Waals surface area contributed by atoms with Crippen molar-refractivity contribution in [3.05, 3.63) is 0 Å². The topological polar surface area (TPSA) is 38.7 Å². The van der Waals surface area contributed by atoms with Crippen LogP contribution in [-0.2, 0) is 8.85 Å². The third kappa shape index (κ3) is 6.12. The minimum atomic E-state index is -1.97. The zero-order valence-corrected chi connectivity index (χ0v) is 16.6. The van der Waals surface area contributed by atoms with E-state index in [1.165, 1.54) is 0 Å². The van der Waals surface area contributed by atoms with Gasteiger partial charge in [0.2, 0.25) is 9.04 Å². The first-order valence-electron chi connectivity index (χ1n) is 7.13. The van der Waals surface area contributed by atoms with Crippen LogP contribution in [-0.4, -0.2) is 43.5 Å². The van der Waals surface area contributed by atoms with Crippen LogP contribution in [0.1, 0.15) is 26.7 Å². The van der Waals surface area contributed by atoms with E-state index in [0.29, 0.717) is 0 Å². The monoisotopic (exact) mass is 308 g/mol. The lowest BCUT2D eigenvalue weighted by Gasteiger charge is -2.40. The van der Waals surface area contributed by atoms with E-state index in [4.69, 9.17) is 8.85 Å². The van der Waals surface area contributed by atoms with Crippen LogP contribution in [0.2, 0.25) is 38.3 Å².